The third kappa shape index (κ3) is 4.15. The summed E-state index contributed by atoms with van der Waals surface area (Å²) in [5.74, 6) is 0.253. The van der Waals surface area contributed by atoms with Crippen molar-refractivity contribution in [1.29, 1.82) is 0 Å². The molecule has 0 unspecified atom stereocenters. The lowest BCUT2D eigenvalue weighted by molar-refractivity contribution is 0.0979. The first kappa shape index (κ1) is 12.9. The number of ketones is 1. The van der Waals surface area contributed by atoms with E-state index in [1.54, 1.807) is 0 Å². The fraction of sp³-hybridized carbons (Fsp3) is 0.500. The Labute approximate surface area is 98.1 Å². The molecule has 2 heteroatoms. The average Bonchev–Trinajstić information content (AvgIpc) is 2.24. The van der Waals surface area contributed by atoms with Crippen molar-refractivity contribution in [1.82, 2.24) is 5.32 Å². The maximum Gasteiger partial charge on any atom is 0.163 e. The SMILES string of the molecule is Cc1ccccc1C(=O)CCCNC(C)C. The van der Waals surface area contributed by atoms with E-state index in [0.29, 0.717) is 12.5 Å². The lowest BCUT2D eigenvalue weighted by Crippen LogP contribution is -2.24. The second kappa shape index (κ2) is 6.44. The van der Waals surface area contributed by atoms with Crippen molar-refractivity contribution >= 4 is 5.78 Å². The molecule has 0 bridgehead atoms. The second-order valence-corrected chi connectivity index (χ2v) is 4.45. The van der Waals surface area contributed by atoms with Crippen molar-refractivity contribution < 1.29 is 4.79 Å². The normalized spacial score (nSPS) is 10.8. The molecule has 16 heavy (non-hydrogen) atoms. The molecular formula is C14H21NO. The first-order chi connectivity index (χ1) is 7.61. The fourth-order valence-electron chi connectivity index (χ4n) is 1.66. The first-order valence-electron chi connectivity index (χ1n) is 5.93. The van der Waals surface area contributed by atoms with Crippen LogP contribution in [0.15, 0.2) is 24.3 Å². The lowest BCUT2D eigenvalue weighted by atomic mass is 10.0. The van der Waals surface area contributed by atoms with Gasteiger partial charge in [0.25, 0.3) is 0 Å². The lowest BCUT2D eigenvalue weighted by Gasteiger charge is -2.08. The summed E-state index contributed by atoms with van der Waals surface area (Å²) in [6, 6.07) is 8.28. The van der Waals surface area contributed by atoms with Gasteiger partial charge in [0, 0.05) is 18.0 Å². The van der Waals surface area contributed by atoms with Crippen molar-refractivity contribution in [3.8, 4) is 0 Å². The highest BCUT2D eigenvalue weighted by Gasteiger charge is 2.07. The molecule has 1 aromatic rings. The summed E-state index contributed by atoms with van der Waals surface area (Å²) in [5.41, 5.74) is 1.94. The van der Waals surface area contributed by atoms with Crippen molar-refractivity contribution in [2.75, 3.05) is 6.54 Å². The number of benzene rings is 1. The van der Waals surface area contributed by atoms with Gasteiger partial charge in [-0.2, -0.15) is 0 Å². The largest absolute Gasteiger partial charge is 0.315 e. The Bertz CT molecular complexity index is 344. The van der Waals surface area contributed by atoms with Crippen LogP contribution in [0.3, 0.4) is 0 Å². The zero-order chi connectivity index (χ0) is 12.0. The number of aryl methyl sites for hydroxylation is 1. The van der Waals surface area contributed by atoms with E-state index in [4.69, 9.17) is 0 Å². The van der Waals surface area contributed by atoms with Crippen LogP contribution in [0.5, 0.6) is 0 Å². The summed E-state index contributed by atoms with van der Waals surface area (Å²) in [6.45, 7) is 7.13. The number of rotatable bonds is 6. The molecule has 0 aliphatic carbocycles. The monoisotopic (exact) mass is 219 g/mol. The van der Waals surface area contributed by atoms with Gasteiger partial charge in [-0.25, -0.2) is 0 Å². The number of nitrogens with one attached hydrogen (secondary N) is 1. The number of carbonyl (C=O) groups excluding carboxylic acids is 1. The zero-order valence-electron chi connectivity index (χ0n) is 10.4. The van der Waals surface area contributed by atoms with Gasteiger partial charge in [0.15, 0.2) is 5.78 Å². The standard InChI is InChI=1S/C14H21NO/c1-11(2)15-10-6-9-14(16)13-8-5-4-7-12(13)3/h4-5,7-8,11,15H,6,9-10H2,1-3H3. The average molecular weight is 219 g/mol. The van der Waals surface area contributed by atoms with Crippen LogP contribution in [-0.2, 0) is 0 Å². The van der Waals surface area contributed by atoms with Crippen molar-refractivity contribution in [2.24, 2.45) is 0 Å². The van der Waals surface area contributed by atoms with Gasteiger partial charge in [0.1, 0.15) is 0 Å². The maximum absolute atomic E-state index is 11.9. The van der Waals surface area contributed by atoms with Gasteiger partial charge < -0.3 is 5.32 Å². The van der Waals surface area contributed by atoms with Crippen LogP contribution in [0.1, 0.15) is 42.6 Å². The minimum atomic E-state index is 0.253. The molecule has 1 aromatic carbocycles. The molecule has 88 valence electrons. The van der Waals surface area contributed by atoms with Crippen LogP contribution in [-0.4, -0.2) is 18.4 Å². The molecule has 0 radical (unpaired) electrons. The van der Waals surface area contributed by atoms with Crippen LogP contribution in [0.25, 0.3) is 0 Å². The van der Waals surface area contributed by atoms with Gasteiger partial charge in [-0.1, -0.05) is 38.1 Å². The number of carbonyl (C=O) groups is 1. The Balaban J connectivity index is 2.39. The molecule has 0 saturated heterocycles. The predicted molar refractivity (Wildman–Crippen MR) is 67.9 cm³/mol. The molecule has 0 spiro atoms. The Hall–Kier alpha value is -1.15. The molecule has 0 fully saturated rings. The predicted octanol–water partition coefficient (Wildman–Crippen LogP) is 2.96. The van der Waals surface area contributed by atoms with Crippen LogP contribution in [0.4, 0.5) is 0 Å². The maximum atomic E-state index is 11.9. The van der Waals surface area contributed by atoms with E-state index in [1.165, 1.54) is 0 Å². The van der Waals surface area contributed by atoms with Gasteiger partial charge in [-0.05, 0) is 25.5 Å². The molecule has 1 N–H and O–H groups in total. The summed E-state index contributed by atoms with van der Waals surface area (Å²) in [6.07, 6.45) is 1.54. The van der Waals surface area contributed by atoms with Gasteiger partial charge in [-0.15, -0.1) is 0 Å². The smallest absolute Gasteiger partial charge is 0.163 e. The van der Waals surface area contributed by atoms with Crippen molar-refractivity contribution in [2.45, 2.75) is 39.7 Å². The molecular weight excluding hydrogens is 198 g/mol. The van der Waals surface area contributed by atoms with Gasteiger partial charge >= 0.3 is 0 Å². The van der Waals surface area contributed by atoms with E-state index in [1.807, 2.05) is 31.2 Å². The van der Waals surface area contributed by atoms with Crippen LogP contribution >= 0.6 is 0 Å². The Morgan fingerprint density at radius 3 is 2.62 bits per heavy atom. The molecule has 0 aromatic heterocycles. The first-order valence-corrected chi connectivity index (χ1v) is 5.93. The summed E-state index contributed by atoms with van der Waals surface area (Å²) in [5, 5.41) is 3.31. The molecule has 2 nitrogen and oxygen atoms in total. The minimum absolute atomic E-state index is 0.253. The number of Topliss-reactive ketones (excluding diaryl/α,β-unsaturated/α-hetero) is 1. The van der Waals surface area contributed by atoms with Gasteiger partial charge in [0.05, 0.1) is 0 Å². The molecule has 1 rings (SSSR count). The van der Waals surface area contributed by atoms with Crippen LogP contribution in [0.2, 0.25) is 0 Å². The van der Waals surface area contributed by atoms with E-state index >= 15 is 0 Å². The van der Waals surface area contributed by atoms with Crippen molar-refractivity contribution in [3.05, 3.63) is 35.4 Å². The highest BCUT2D eigenvalue weighted by Crippen LogP contribution is 2.10. The number of hydrogen-bond acceptors (Lipinski definition) is 2. The highest BCUT2D eigenvalue weighted by molar-refractivity contribution is 5.97. The molecule has 0 aliphatic heterocycles. The molecule has 0 saturated carbocycles. The molecule has 0 aliphatic rings. The summed E-state index contributed by atoms with van der Waals surface area (Å²) in [7, 11) is 0. The van der Waals surface area contributed by atoms with E-state index in [9.17, 15) is 4.79 Å². The minimum Gasteiger partial charge on any atom is -0.315 e. The third-order valence-corrected chi connectivity index (χ3v) is 2.58. The van der Waals surface area contributed by atoms with Gasteiger partial charge in [-0.3, -0.25) is 4.79 Å². The van der Waals surface area contributed by atoms with Crippen LogP contribution < -0.4 is 5.32 Å². The molecule has 0 atom stereocenters. The highest BCUT2D eigenvalue weighted by atomic mass is 16.1. The van der Waals surface area contributed by atoms with E-state index in [2.05, 4.69) is 19.2 Å². The molecule has 0 heterocycles. The third-order valence-electron chi connectivity index (χ3n) is 2.58. The summed E-state index contributed by atoms with van der Waals surface area (Å²) in [4.78, 5) is 11.9. The Morgan fingerprint density at radius 2 is 2.00 bits per heavy atom. The topological polar surface area (TPSA) is 29.1 Å². The van der Waals surface area contributed by atoms with Gasteiger partial charge in [0.2, 0.25) is 0 Å². The summed E-state index contributed by atoms with van der Waals surface area (Å²) < 4.78 is 0. The second-order valence-electron chi connectivity index (χ2n) is 4.45. The van der Waals surface area contributed by atoms with Crippen molar-refractivity contribution in [3.63, 3.8) is 0 Å². The van der Waals surface area contributed by atoms with E-state index in [-0.39, 0.29) is 5.78 Å². The fourth-order valence-corrected chi connectivity index (χ4v) is 1.66. The summed E-state index contributed by atoms with van der Waals surface area (Å²) >= 11 is 0. The quantitative estimate of drug-likeness (QED) is 0.588. The molecule has 0 amide bonds. The Kier molecular flexibility index (Phi) is 5.20. The van der Waals surface area contributed by atoms with Crippen LogP contribution in [0, 0.1) is 6.92 Å². The van der Waals surface area contributed by atoms with E-state index in [0.717, 1.165) is 24.1 Å². The zero-order valence-corrected chi connectivity index (χ0v) is 10.4. The van der Waals surface area contributed by atoms with E-state index < -0.39 is 0 Å². The number of hydrogen-bond donors (Lipinski definition) is 1. The Morgan fingerprint density at radius 1 is 1.31 bits per heavy atom.